The van der Waals surface area contributed by atoms with Crippen LogP contribution in [0.1, 0.15) is 20.3 Å². The standard InChI is InChI=1S/C11H17NO/c1-5-6-10-8(2)7-12(4)9(3)11(10)13/h6,9H,2,5,7H2,1,3-4H3/b10-6+. The lowest BCUT2D eigenvalue weighted by Gasteiger charge is -2.31. The van der Waals surface area contributed by atoms with Gasteiger partial charge in [-0.05, 0) is 26.0 Å². The molecule has 1 heterocycles. The van der Waals surface area contributed by atoms with Crippen LogP contribution in [0.4, 0.5) is 0 Å². The lowest BCUT2D eigenvalue weighted by atomic mass is 9.92. The fraction of sp³-hybridized carbons (Fsp3) is 0.545. The van der Waals surface area contributed by atoms with Crippen molar-refractivity contribution in [3.8, 4) is 0 Å². The van der Waals surface area contributed by atoms with Crippen LogP contribution >= 0.6 is 0 Å². The average molecular weight is 179 g/mol. The van der Waals surface area contributed by atoms with Crippen molar-refractivity contribution in [1.29, 1.82) is 0 Å². The Balaban J connectivity index is 2.93. The van der Waals surface area contributed by atoms with Crippen molar-refractivity contribution in [2.45, 2.75) is 26.3 Å². The Labute approximate surface area is 79.9 Å². The molecule has 0 bridgehead atoms. The van der Waals surface area contributed by atoms with Gasteiger partial charge in [0.1, 0.15) is 0 Å². The van der Waals surface area contributed by atoms with E-state index in [0.29, 0.717) is 0 Å². The lowest BCUT2D eigenvalue weighted by Crippen LogP contribution is -2.43. The molecule has 0 aromatic heterocycles. The van der Waals surface area contributed by atoms with E-state index in [1.807, 2.05) is 31.9 Å². The third kappa shape index (κ3) is 1.89. The lowest BCUT2D eigenvalue weighted by molar-refractivity contribution is -0.120. The summed E-state index contributed by atoms with van der Waals surface area (Å²) in [7, 11) is 1.95. The predicted molar refractivity (Wildman–Crippen MR) is 54.6 cm³/mol. The molecule has 2 heteroatoms. The van der Waals surface area contributed by atoms with Crippen LogP contribution in [0.3, 0.4) is 0 Å². The number of Topliss-reactive ketones (excluding diaryl/α,β-unsaturated/α-hetero) is 1. The van der Waals surface area contributed by atoms with Crippen molar-refractivity contribution < 1.29 is 4.79 Å². The quantitative estimate of drug-likeness (QED) is 0.572. The number of hydrogen-bond donors (Lipinski definition) is 0. The first kappa shape index (κ1) is 10.2. The highest BCUT2D eigenvalue weighted by Crippen LogP contribution is 2.21. The van der Waals surface area contributed by atoms with E-state index in [4.69, 9.17) is 0 Å². The highest BCUT2D eigenvalue weighted by Gasteiger charge is 2.28. The first-order valence-corrected chi connectivity index (χ1v) is 4.70. The number of carbonyl (C=O) groups is 1. The number of rotatable bonds is 1. The monoisotopic (exact) mass is 179 g/mol. The molecule has 1 saturated heterocycles. The van der Waals surface area contributed by atoms with E-state index in [1.165, 1.54) is 0 Å². The normalized spacial score (nSPS) is 28.5. The van der Waals surface area contributed by atoms with E-state index < -0.39 is 0 Å². The van der Waals surface area contributed by atoms with Crippen LogP contribution in [0.25, 0.3) is 0 Å². The third-order valence-corrected chi connectivity index (χ3v) is 2.54. The first-order valence-electron chi connectivity index (χ1n) is 4.70. The summed E-state index contributed by atoms with van der Waals surface area (Å²) < 4.78 is 0. The maximum atomic E-state index is 11.8. The number of allylic oxidation sites excluding steroid dienone is 1. The molecule has 0 N–H and O–H groups in total. The second kappa shape index (κ2) is 3.88. The van der Waals surface area contributed by atoms with Crippen LogP contribution < -0.4 is 0 Å². The van der Waals surface area contributed by atoms with Gasteiger partial charge in [0.25, 0.3) is 0 Å². The Morgan fingerprint density at radius 2 is 2.31 bits per heavy atom. The van der Waals surface area contributed by atoms with Crippen LogP contribution in [0, 0.1) is 0 Å². The molecule has 1 aliphatic rings. The number of carbonyl (C=O) groups excluding carboxylic acids is 1. The molecular formula is C11H17NO. The zero-order valence-corrected chi connectivity index (χ0v) is 8.63. The molecule has 0 radical (unpaired) electrons. The van der Waals surface area contributed by atoms with Crippen molar-refractivity contribution in [1.82, 2.24) is 4.90 Å². The maximum Gasteiger partial charge on any atom is 0.179 e. The van der Waals surface area contributed by atoms with Crippen LogP contribution in [0.15, 0.2) is 23.8 Å². The molecule has 0 aromatic carbocycles. The van der Waals surface area contributed by atoms with Crippen LogP contribution in [0.5, 0.6) is 0 Å². The van der Waals surface area contributed by atoms with E-state index in [1.54, 1.807) is 0 Å². The molecule has 72 valence electrons. The zero-order chi connectivity index (χ0) is 10.0. The number of hydrogen-bond acceptors (Lipinski definition) is 2. The van der Waals surface area contributed by atoms with Crippen molar-refractivity contribution in [3.63, 3.8) is 0 Å². The van der Waals surface area contributed by atoms with Gasteiger partial charge in [0.2, 0.25) is 0 Å². The fourth-order valence-electron chi connectivity index (χ4n) is 1.57. The van der Waals surface area contributed by atoms with Gasteiger partial charge in [-0.1, -0.05) is 19.6 Å². The van der Waals surface area contributed by atoms with E-state index in [-0.39, 0.29) is 11.8 Å². The van der Waals surface area contributed by atoms with Crippen LogP contribution in [0.2, 0.25) is 0 Å². The highest BCUT2D eigenvalue weighted by atomic mass is 16.1. The average Bonchev–Trinajstić information content (AvgIpc) is 2.09. The van der Waals surface area contributed by atoms with Gasteiger partial charge < -0.3 is 0 Å². The summed E-state index contributed by atoms with van der Waals surface area (Å²) in [6, 6.07) is 0.00306. The van der Waals surface area contributed by atoms with Gasteiger partial charge in [-0.25, -0.2) is 0 Å². The summed E-state index contributed by atoms with van der Waals surface area (Å²) in [5, 5.41) is 0. The van der Waals surface area contributed by atoms with Crippen molar-refractivity contribution >= 4 is 5.78 Å². The number of likely N-dealkylation sites (N-methyl/N-ethyl adjacent to an activating group) is 1. The minimum atomic E-state index is 0.00306. The Morgan fingerprint density at radius 3 is 2.85 bits per heavy atom. The molecule has 0 amide bonds. The first-order chi connectivity index (χ1) is 6.07. The SMILES string of the molecule is C=C1CN(C)C(C)C(=O)/C1=C/CC. The predicted octanol–water partition coefficient (Wildman–Crippen LogP) is 1.78. The Morgan fingerprint density at radius 1 is 1.69 bits per heavy atom. The van der Waals surface area contributed by atoms with E-state index in [9.17, 15) is 4.79 Å². The maximum absolute atomic E-state index is 11.8. The minimum absolute atomic E-state index is 0.00306. The van der Waals surface area contributed by atoms with Gasteiger partial charge in [0.15, 0.2) is 5.78 Å². The van der Waals surface area contributed by atoms with Crippen molar-refractivity contribution in [3.05, 3.63) is 23.8 Å². The van der Waals surface area contributed by atoms with Crippen LogP contribution in [-0.4, -0.2) is 30.3 Å². The molecule has 1 fully saturated rings. The number of piperidine rings is 1. The van der Waals surface area contributed by atoms with E-state index >= 15 is 0 Å². The summed E-state index contributed by atoms with van der Waals surface area (Å²) in [5.74, 6) is 0.209. The largest absolute Gasteiger partial charge is 0.292 e. The summed E-state index contributed by atoms with van der Waals surface area (Å²) in [4.78, 5) is 13.8. The molecule has 0 aromatic rings. The van der Waals surface area contributed by atoms with E-state index in [0.717, 1.165) is 24.1 Å². The second-order valence-corrected chi connectivity index (χ2v) is 3.58. The number of likely N-dealkylation sites (tertiary alicyclic amines) is 1. The molecule has 1 unspecified atom stereocenters. The van der Waals surface area contributed by atoms with Crippen LogP contribution in [-0.2, 0) is 4.79 Å². The van der Waals surface area contributed by atoms with Crippen molar-refractivity contribution in [2.75, 3.05) is 13.6 Å². The Kier molecular flexibility index (Phi) is 3.04. The highest BCUT2D eigenvalue weighted by molar-refractivity contribution is 6.03. The molecule has 0 saturated carbocycles. The molecule has 2 nitrogen and oxygen atoms in total. The molecule has 1 rings (SSSR count). The summed E-state index contributed by atoms with van der Waals surface area (Å²) in [5.41, 5.74) is 1.79. The zero-order valence-electron chi connectivity index (χ0n) is 8.63. The number of nitrogens with zero attached hydrogens (tertiary/aromatic N) is 1. The topological polar surface area (TPSA) is 20.3 Å². The molecule has 0 aliphatic carbocycles. The minimum Gasteiger partial charge on any atom is -0.292 e. The summed E-state index contributed by atoms with van der Waals surface area (Å²) in [6.07, 6.45) is 2.88. The summed E-state index contributed by atoms with van der Waals surface area (Å²) in [6.45, 7) is 8.70. The Bertz CT molecular complexity index is 265. The molecule has 13 heavy (non-hydrogen) atoms. The third-order valence-electron chi connectivity index (χ3n) is 2.54. The smallest absolute Gasteiger partial charge is 0.179 e. The van der Waals surface area contributed by atoms with Gasteiger partial charge in [-0.15, -0.1) is 0 Å². The molecule has 1 atom stereocenters. The van der Waals surface area contributed by atoms with Gasteiger partial charge in [-0.2, -0.15) is 0 Å². The molecule has 0 spiro atoms. The van der Waals surface area contributed by atoms with Gasteiger partial charge >= 0.3 is 0 Å². The fourth-order valence-corrected chi connectivity index (χ4v) is 1.57. The van der Waals surface area contributed by atoms with Gasteiger partial charge in [-0.3, -0.25) is 9.69 Å². The van der Waals surface area contributed by atoms with E-state index in [2.05, 4.69) is 6.58 Å². The molecule has 1 aliphatic heterocycles. The second-order valence-electron chi connectivity index (χ2n) is 3.58. The summed E-state index contributed by atoms with van der Waals surface area (Å²) >= 11 is 0. The van der Waals surface area contributed by atoms with Crippen molar-refractivity contribution in [2.24, 2.45) is 0 Å². The van der Waals surface area contributed by atoms with Gasteiger partial charge in [0, 0.05) is 12.1 Å². The number of ketones is 1. The van der Waals surface area contributed by atoms with Gasteiger partial charge in [0.05, 0.1) is 6.04 Å². The molecular weight excluding hydrogens is 162 g/mol. The Hall–Kier alpha value is -0.890.